The highest BCUT2D eigenvalue weighted by atomic mass is 16.5. The van der Waals surface area contributed by atoms with Gasteiger partial charge in [0.2, 0.25) is 0 Å². The number of benzene rings is 1. The van der Waals surface area contributed by atoms with E-state index in [0.29, 0.717) is 12.1 Å². The standard InChI is InChI=1S/C16H18N2O2/c1-12-7-8-14(11-18-12)16(19)17-10-9-13-5-3-4-6-15(13)20-2/h3-8,11H,9-10H2,1-2H3,(H,17,19). The molecule has 20 heavy (non-hydrogen) atoms. The van der Waals surface area contributed by atoms with Crippen LogP contribution in [0.5, 0.6) is 5.75 Å². The van der Waals surface area contributed by atoms with Crippen LogP contribution in [0.2, 0.25) is 0 Å². The van der Waals surface area contributed by atoms with Crippen LogP contribution in [0.15, 0.2) is 42.6 Å². The summed E-state index contributed by atoms with van der Waals surface area (Å²) in [6, 6.07) is 11.4. The second kappa shape index (κ2) is 6.70. The summed E-state index contributed by atoms with van der Waals surface area (Å²) in [5.41, 5.74) is 2.56. The lowest BCUT2D eigenvalue weighted by atomic mass is 10.1. The van der Waals surface area contributed by atoms with E-state index < -0.39 is 0 Å². The van der Waals surface area contributed by atoms with Gasteiger partial charge in [0, 0.05) is 18.4 Å². The first-order valence-electron chi connectivity index (χ1n) is 6.53. The zero-order valence-corrected chi connectivity index (χ0v) is 11.7. The van der Waals surface area contributed by atoms with E-state index in [2.05, 4.69) is 10.3 Å². The number of pyridine rings is 1. The molecule has 1 aromatic heterocycles. The second-order valence-electron chi connectivity index (χ2n) is 4.51. The normalized spacial score (nSPS) is 10.1. The predicted molar refractivity (Wildman–Crippen MR) is 78.0 cm³/mol. The van der Waals surface area contributed by atoms with E-state index in [1.165, 1.54) is 0 Å². The molecular formula is C16H18N2O2. The monoisotopic (exact) mass is 270 g/mol. The van der Waals surface area contributed by atoms with Crippen molar-refractivity contribution < 1.29 is 9.53 Å². The molecule has 0 unspecified atom stereocenters. The minimum absolute atomic E-state index is 0.104. The third-order valence-corrected chi connectivity index (χ3v) is 3.05. The molecule has 4 nitrogen and oxygen atoms in total. The Kier molecular flexibility index (Phi) is 4.71. The average molecular weight is 270 g/mol. The maximum Gasteiger partial charge on any atom is 0.252 e. The lowest BCUT2D eigenvalue weighted by Gasteiger charge is -2.09. The fraction of sp³-hybridized carbons (Fsp3) is 0.250. The molecule has 0 aliphatic carbocycles. The predicted octanol–water partition coefficient (Wildman–Crippen LogP) is 2.37. The Morgan fingerprint density at radius 1 is 1.25 bits per heavy atom. The Morgan fingerprint density at radius 3 is 2.75 bits per heavy atom. The van der Waals surface area contributed by atoms with Crippen molar-refractivity contribution in [1.82, 2.24) is 10.3 Å². The van der Waals surface area contributed by atoms with Gasteiger partial charge in [-0.25, -0.2) is 0 Å². The van der Waals surface area contributed by atoms with Gasteiger partial charge in [0.15, 0.2) is 0 Å². The van der Waals surface area contributed by atoms with Crippen LogP contribution in [0, 0.1) is 6.92 Å². The van der Waals surface area contributed by atoms with Gasteiger partial charge in [-0.3, -0.25) is 9.78 Å². The number of carbonyl (C=O) groups is 1. The molecule has 0 saturated heterocycles. The molecule has 4 heteroatoms. The summed E-state index contributed by atoms with van der Waals surface area (Å²) in [5.74, 6) is 0.742. The quantitative estimate of drug-likeness (QED) is 0.907. The Bertz CT molecular complexity index is 579. The number of methoxy groups -OCH3 is 1. The van der Waals surface area contributed by atoms with E-state index >= 15 is 0 Å². The first kappa shape index (κ1) is 14.1. The highest BCUT2D eigenvalue weighted by Gasteiger charge is 2.06. The van der Waals surface area contributed by atoms with Crippen LogP contribution in [0.3, 0.4) is 0 Å². The molecule has 0 bridgehead atoms. The Labute approximate surface area is 118 Å². The molecule has 2 rings (SSSR count). The lowest BCUT2D eigenvalue weighted by Crippen LogP contribution is -2.25. The molecule has 0 spiro atoms. The van der Waals surface area contributed by atoms with Crippen molar-refractivity contribution in [2.45, 2.75) is 13.3 Å². The fourth-order valence-electron chi connectivity index (χ4n) is 1.92. The van der Waals surface area contributed by atoms with E-state index in [9.17, 15) is 4.79 Å². The Hall–Kier alpha value is -2.36. The summed E-state index contributed by atoms with van der Waals surface area (Å²) in [7, 11) is 1.65. The third-order valence-electron chi connectivity index (χ3n) is 3.05. The molecule has 0 atom stereocenters. The summed E-state index contributed by atoms with van der Waals surface area (Å²) < 4.78 is 5.28. The number of amides is 1. The van der Waals surface area contributed by atoms with Gasteiger partial charge in [0.25, 0.3) is 5.91 Å². The average Bonchev–Trinajstić information content (AvgIpc) is 2.48. The van der Waals surface area contributed by atoms with Crippen LogP contribution >= 0.6 is 0 Å². The maximum atomic E-state index is 11.9. The number of carbonyl (C=O) groups excluding carboxylic acids is 1. The Morgan fingerprint density at radius 2 is 2.05 bits per heavy atom. The summed E-state index contributed by atoms with van der Waals surface area (Å²) in [4.78, 5) is 16.0. The van der Waals surface area contributed by atoms with Gasteiger partial charge >= 0.3 is 0 Å². The number of aromatic nitrogens is 1. The van der Waals surface area contributed by atoms with Gasteiger partial charge < -0.3 is 10.1 Å². The number of ether oxygens (including phenoxy) is 1. The topological polar surface area (TPSA) is 51.2 Å². The molecule has 1 amide bonds. The molecule has 1 heterocycles. The number of nitrogens with one attached hydrogen (secondary N) is 1. The largest absolute Gasteiger partial charge is 0.496 e. The lowest BCUT2D eigenvalue weighted by molar-refractivity contribution is 0.0953. The molecule has 1 aromatic carbocycles. The fourth-order valence-corrected chi connectivity index (χ4v) is 1.92. The minimum Gasteiger partial charge on any atom is -0.496 e. The van der Waals surface area contributed by atoms with E-state index in [-0.39, 0.29) is 5.91 Å². The molecule has 2 aromatic rings. The van der Waals surface area contributed by atoms with Gasteiger partial charge in [-0.1, -0.05) is 18.2 Å². The zero-order valence-electron chi connectivity index (χ0n) is 11.7. The van der Waals surface area contributed by atoms with E-state index in [1.54, 1.807) is 19.4 Å². The molecule has 0 radical (unpaired) electrons. The van der Waals surface area contributed by atoms with E-state index in [4.69, 9.17) is 4.74 Å². The summed E-state index contributed by atoms with van der Waals surface area (Å²) in [6.45, 7) is 2.45. The molecule has 0 saturated carbocycles. The molecule has 1 N–H and O–H groups in total. The van der Waals surface area contributed by atoms with Crippen molar-refractivity contribution in [1.29, 1.82) is 0 Å². The zero-order chi connectivity index (χ0) is 14.4. The van der Waals surface area contributed by atoms with E-state index in [0.717, 1.165) is 23.4 Å². The van der Waals surface area contributed by atoms with Gasteiger partial charge in [-0.05, 0) is 37.1 Å². The SMILES string of the molecule is COc1ccccc1CCNC(=O)c1ccc(C)nc1. The van der Waals surface area contributed by atoms with Crippen LogP contribution in [0.25, 0.3) is 0 Å². The number of aryl methyl sites for hydroxylation is 1. The molecule has 0 aliphatic rings. The van der Waals surface area contributed by atoms with Crippen molar-refractivity contribution in [3.8, 4) is 5.75 Å². The maximum absolute atomic E-state index is 11.9. The van der Waals surface area contributed by atoms with Gasteiger partial charge in [0.1, 0.15) is 5.75 Å². The number of para-hydroxylation sites is 1. The number of hydrogen-bond donors (Lipinski definition) is 1. The number of rotatable bonds is 5. The highest BCUT2D eigenvalue weighted by molar-refractivity contribution is 5.93. The van der Waals surface area contributed by atoms with Crippen molar-refractivity contribution in [2.24, 2.45) is 0 Å². The molecule has 104 valence electrons. The van der Waals surface area contributed by atoms with Crippen LogP contribution in [0.1, 0.15) is 21.6 Å². The number of hydrogen-bond acceptors (Lipinski definition) is 3. The number of nitrogens with zero attached hydrogens (tertiary/aromatic N) is 1. The summed E-state index contributed by atoms with van der Waals surface area (Å²) in [5, 5.41) is 2.88. The molecular weight excluding hydrogens is 252 g/mol. The second-order valence-corrected chi connectivity index (χ2v) is 4.51. The van der Waals surface area contributed by atoms with E-state index in [1.807, 2.05) is 37.3 Å². The first-order valence-corrected chi connectivity index (χ1v) is 6.53. The van der Waals surface area contributed by atoms with Gasteiger partial charge in [0.05, 0.1) is 12.7 Å². The van der Waals surface area contributed by atoms with Crippen LogP contribution in [0.4, 0.5) is 0 Å². The van der Waals surface area contributed by atoms with Crippen molar-refractivity contribution in [2.75, 3.05) is 13.7 Å². The third kappa shape index (κ3) is 3.57. The van der Waals surface area contributed by atoms with Gasteiger partial charge in [-0.15, -0.1) is 0 Å². The smallest absolute Gasteiger partial charge is 0.252 e. The molecule has 0 aliphatic heterocycles. The van der Waals surface area contributed by atoms with Crippen LogP contribution in [-0.4, -0.2) is 24.5 Å². The summed E-state index contributed by atoms with van der Waals surface area (Å²) >= 11 is 0. The minimum atomic E-state index is -0.104. The Balaban J connectivity index is 1.89. The van der Waals surface area contributed by atoms with Crippen LogP contribution < -0.4 is 10.1 Å². The first-order chi connectivity index (χ1) is 9.70. The van der Waals surface area contributed by atoms with Crippen molar-refractivity contribution in [3.05, 3.63) is 59.4 Å². The van der Waals surface area contributed by atoms with Crippen molar-refractivity contribution >= 4 is 5.91 Å². The van der Waals surface area contributed by atoms with Crippen LogP contribution in [-0.2, 0) is 6.42 Å². The van der Waals surface area contributed by atoms with Crippen molar-refractivity contribution in [3.63, 3.8) is 0 Å². The van der Waals surface area contributed by atoms with Gasteiger partial charge in [-0.2, -0.15) is 0 Å². The summed E-state index contributed by atoms with van der Waals surface area (Å²) in [6.07, 6.45) is 2.32. The molecule has 0 fully saturated rings. The highest BCUT2D eigenvalue weighted by Crippen LogP contribution is 2.17.